The molecule has 0 amide bonds. The maximum Gasteiger partial charge on any atom is -0.0129 e. The first-order valence-electron chi connectivity index (χ1n) is 5.94. The van der Waals surface area contributed by atoms with E-state index in [1.165, 1.54) is 16.7 Å². The van der Waals surface area contributed by atoms with Crippen molar-refractivity contribution in [3.05, 3.63) is 84.1 Å². The lowest BCUT2D eigenvalue weighted by Gasteiger charge is -2.02. The Morgan fingerprint density at radius 1 is 1.35 bits per heavy atom. The molecule has 0 aromatic carbocycles. The van der Waals surface area contributed by atoms with Crippen LogP contribution in [-0.2, 0) is 0 Å². The Balaban J connectivity index is 2.99. The van der Waals surface area contributed by atoms with Crippen molar-refractivity contribution < 1.29 is 0 Å². The highest BCUT2D eigenvalue weighted by Gasteiger charge is 2.00. The maximum absolute atomic E-state index is 3.71. The Morgan fingerprint density at radius 2 is 2.18 bits per heavy atom. The molecule has 88 valence electrons. The molecule has 0 nitrogen and oxygen atoms in total. The monoisotopic (exact) mass is 224 g/mol. The van der Waals surface area contributed by atoms with Gasteiger partial charge in [0.1, 0.15) is 0 Å². The number of rotatable bonds is 4. The van der Waals surface area contributed by atoms with Crippen LogP contribution in [-0.4, -0.2) is 0 Å². The highest BCUT2D eigenvalue weighted by atomic mass is 14.0. The van der Waals surface area contributed by atoms with Crippen molar-refractivity contribution in [2.24, 2.45) is 0 Å². The van der Waals surface area contributed by atoms with E-state index in [-0.39, 0.29) is 0 Å². The molecule has 0 fully saturated rings. The van der Waals surface area contributed by atoms with Gasteiger partial charge in [-0.15, -0.1) is 0 Å². The zero-order valence-electron chi connectivity index (χ0n) is 10.7. The predicted octanol–water partition coefficient (Wildman–Crippen LogP) is 5.06. The molecule has 0 heterocycles. The highest BCUT2D eigenvalue weighted by molar-refractivity contribution is 5.50. The normalized spacial score (nSPS) is 17.2. The van der Waals surface area contributed by atoms with Gasteiger partial charge in [0.25, 0.3) is 0 Å². The van der Waals surface area contributed by atoms with Gasteiger partial charge in [0, 0.05) is 0 Å². The average molecular weight is 224 g/mol. The molecular weight excluding hydrogens is 204 g/mol. The molecule has 0 saturated heterocycles. The van der Waals surface area contributed by atoms with Crippen molar-refractivity contribution in [3.8, 4) is 0 Å². The van der Waals surface area contributed by atoms with Crippen molar-refractivity contribution in [2.75, 3.05) is 0 Å². The van der Waals surface area contributed by atoms with Crippen molar-refractivity contribution in [2.45, 2.75) is 20.3 Å². The van der Waals surface area contributed by atoms with Gasteiger partial charge in [-0.05, 0) is 31.4 Å². The summed E-state index contributed by atoms with van der Waals surface area (Å²) in [6, 6.07) is 0. The third-order valence-electron chi connectivity index (χ3n) is 2.51. The lowest BCUT2D eigenvalue weighted by molar-refractivity contribution is 1.21. The molecule has 0 unspecified atom stereocenters. The Hall–Kier alpha value is -1.82. The Labute approximate surface area is 105 Å². The van der Waals surface area contributed by atoms with Gasteiger partial charge in [0.15, 0.2) is 0 Å². The summed E-state index contributed by atoms with van der Waals surface area (Å²) in [6.45, 7) is 7.88. The largest absolute Gasteiger partial charge is 0.0991 e. The van der Waals surface area contributed by atoms with Crippen LogP contribution in [0.3, 0.4) is 0 Å². The second kappa shape index (κ2) is 7.45. The Morgan fingerprint density at radius 3 is 2.88 bits per heavy atom. The first-order valence-corrected chi connectivity index (χ1v) is 5.94. The van der Waals surface area contributed by atoms with Gasteiger partial charge in [0.2, 0.25) is 0 Å². The van der Waals surface area contributed by atoms with Gasteiger partial charge in [-0.3, -0.25) is 0 Å². The SMILES string of the molecule is C=C\C=C/C(=C\C=C\C)C1=CCC(C)=CC=C1. The molecule has 0 heteroatoms. The van der Waals surface area contributed by atoms with Crippen LogP contribution in [0.4, 0.5) is 0 Å². The summed E-state index contributed by atoms with van der Waals surface area (Å²) in [7, 11) is 0. The summed E-state index contributed by atoms with van der Waals surface area (Å²) in [5.74, 6) is 0. The van der Waals surface area contributed by atoms with Crippen LogP contribution in [0, 0.1) is 0 Å². The molecular formula is C17H20. The number of hydrogen-bond donors (Lipinski definition) is 0. The van der Waals surface area contributed by atoms with Crippen molar-refractivity contribution >= 4 is 0 Å². The third-order valence-corrected chi connectivity index (χ3v) is 2.51. The minimum absolute atomic E-state index is 1.01. The predicted molar refractivity (Wildman–Crippen MR) is 77.8 cm³/mol. The lowest BCUT2D eigenvalue weighted by atomic mass is 10.0. The van der Waals surface area contributed by atoms with E-state index in [9.17, 15) is 0 Å². The van der Waals surface area contributed by atoms with Gasteiger partial charge in [0.05, 0.1) is 0 Å². The van der Waals surface area contributed by atoms with Crippen LogP contribution in [0.1, 0.15) is 20.3 Å². The standard InChI is InChI=1S/C17H20/c1-4-6-10-16(11-7-5-2)17-12-8-9-15(3)13-14-17/h4-12,14H,1,13H2,2-3H3/b7-5+,10-6-,16-11+. The number of hydrogen-bond acceptors (Lipinski definition) is 0. The molecule has 0 aromatic rings. The van der Waals surface area contributed by atoms with E-state index in [1.807, 2.05) is 19.1 Å². The van der Waals surface area contributed by atoms with Crippen LogP contribution in [0.25, 0.3) is 0 Å². The van der Waals surface area contributed by atoms with E-state index >= 15 is 0 Å². The summed E-state index contributed by atoms with van der Waals surface area (Å²) in [4.78, 5) is 0. The van der Waals surface area contributed by atoms with Crippen LogP contribution >= 0.6 is 0 Å². The van der Waals surface area contributed by atoms with Gasteiger partial charge in [-0.25, -0.2) is 0 Å². The Kier molecular flexibility index (Phi) is 5.81. The van der Waals surface area contributed by atoms with Crippen LogP contribution in [0.2, 0.25) is 0 Å². The van der Waals surface area contributed by atoms with E-state index in [2.05, 4.69) is 56.0 Å². The summed E-state index contributed by atoms with van der Waals surface area (Å²) < 4.78 is 0. The summed E-state index contributed by atoms with van der Waals surface area (Å²) >= 11 is 0. The van der Waals surface area contributed by atoms with Gasteiger partial charge in [-0.2, -0.15) is 0 Å². The van der Waals surface area contributed by atoms with E-state index in [0.717, 1.165) is 6.42 Å². The fraction of sp³-hybridized carbons (Fsp3) is 0.176. The fourth-order valence-corrected chi connectivity index (χ4v) is 1.56. The summed E-state index contributed by atoms with van der Waals surface area (Å²) in [5, 5.41) is 0. The number of allylic oxidation sites excluding steroid dienone is 13. The summed E-state index contributed by atoms with van der Waals surface area (Å²) in [6.07, 6.45) is 21.8. The van der Waals surface area contributed by atoms with Crippen molar-refractivity contribution in [1.82, 2.24) is 0 Å². The molecule has 0 saturated carbocycles. The molecule has 1 rings (SSSR count). The Bertz CT molecular complexity index is 435. The van der Waals surface area contributed by atoms with Crippen LogP contribution < -0.4 is 0 Å². The molecule has 1 aliphatic rings. The quantitative estimate of drug-likeness (QED) is 0.585. The maximum atomic E-state index is 3.71. The van der Waals surface area contributed by atoms with Crippen molar-refractivity contribution in [1.29, 1.82) is 0 Å². The highest BCUT2D eigenvalue weighted by Crippen LogP contribution is 2.19. The second-order valence-corrected chi connectivity index (χ2v) is 3.98. The van der Waals surface area contributed by atoms with E-state index in [0.29, 0.717) is 0 Å². The topological polar surface area (TPSA) is 0 Å². The fourth-order valence-electron chi connectivity index (χ4n) is 1.56. The smallest absolute Gasteiger partial charge is 0.0129 e. The van der Waals surface area contributed by atoms with Crippen LogP contribution in [0.5, 0.6) is 0 Å². The molecule has 1 aliphatic carbocycles. The van der Waals surface area contributed by atoms with Gasteiger partial charge < -0.3 is 0 Å². The van der Waals surface area contributed by atoms with E-state index in [1.54, 1.807) is 6.08 Å². The minimum Gasteiger partial charge on any atom is -0.0991 e. The van der Waals surface area contributed by atoms with Crippen molar-refractivity contribution in [3.63, 3.8) is 0 Å². The molecule has 0 bridgehead atoms. The third kappa shape index (κ3) is 4.69. The molecule has 0 spiro atoms. The minimum atomic E-state index is 1.01. The molecule has 0 atom stereocenters. The molecule has 0 aromatic heterocycles. The molecule has 17 heavy (non-hydrogen) atoms. The first-order chi connectivity index (χ1) is 8.27. The molecule has 0 radical (unpaired) electrons. The zero-order valence-corrected chi connectivity index (χ0v) is 10.7. The van der Waals surface area contributed by atoms with Crippen LogP contribution in [0.15, 0.2) is 84.1 Å². The van der Waals surface area contributed by atoms with Gasteiger partial charge >= 0.3 is 0 Å². The second-order valence-electron chi connectivity index (χ2n) is 3.98. The molecule has 0 aliphatic heterocycles. The van der Waals surface area contributed by atoms with E-state index < -0.39 is 0 Å². The summed E-state index contributed by atoms with van der Waals surface area (Å²) in [5.41, 5.74) is 3.85. The average Bonchev–Trinajstić information content (AvgIpc) is 2.55. The van der Waals surface area contributed by atoms with Gasteiger partial charge in [-0.1, -0.05) is 72.9 Å². The van der Waals surface area contributed by atoms with E-state index in [4.69, 9.17) is 0 Å². The first kappa shape index (κ1) is 13.2. The zero-order chi connectivity index (χ0) is 12.5. The lowest BCUT2D eigenvalue weighted by Crippen LogP contribution is -1.83. The molecule has 0 N–H and O–H groups in total.